The molecule has 4 heteroatoms. The van der Waals surface area contributed by atoms with Crippen molar-refractivity contribution >= 4 is 5.97 Å². The molecule has 0 bridgehead atoms. The summed E-state index contributed by atoms with van der Waals surface area (Å²) in [6.07, 6.45) is 3.90. The molecule has 0 rings (SSSR count). The quantitative estimate of drug-likeness (QED) is 0.752. The number of carboxylic acids is 1. The van der Waals surface area contributed by atoms with Gasteiger partial charge in [-0.1, -0.05) is 26.7 Å². The van der Waals surface area contributed by atoms with Gasteiger partial charge in [0.2, 0.25) is 0 Å². The van der Waals surface area contributed by atoms with Crippen molar-refractivity contribution in [3.05, 3.63) is 0 Å². The van der Waals surface area contributed by atoms with E-state index in [0.717, 1.165) is 25.7 Å². The first-order valence-electron chi connectivity index (χ1n) is 5.46. The Morgan fingerprint density at radius 1 is 1.40 bits per heavy atom. The standard InChI is InChI=1S/C8H16O2.C3H7O.Cu/c1-3-5-6-7(4-2)8(9)10;1-3(2)4;/h7H,3-6H2,1-2H3,(H,9,10);3H,1-2H3;/q;-1;+1. The van der Waals surface area contributed by atoms with Crippen LogP contribution in [0.15, 0.2) is 0 Å². The molecule has 0 saturated heterocycles. The van der Waals surface area contributed by atoms with Crippen LogP contribution in [0.5, 0.6) is 0 Å². The Balaban J connectivity index is 0. The van der Waals surface area contributed by atoms with Gasteiger partial charge in [0.1, 0.15) is 0 Å². The van der Waals surface area contributed by atoms with E-state index >= 15 is 0 Å². The van der Waals surface area contributed by atoms with Crippen LogP contribution in [0.3, 0.4) is 0 Å². The SMILES string of the molecule is CC(C)[O][Cu].CCCCC(CC)C(=O)O. The molecule has 0 aromatic carbocycles. The molecule has 0 aliphatic heterocycles. The second-order valence-corrected chi connectivity index (χ2v) is 3.93. The van der Waals surface area contributed by atoms with Gasteiger partial charge in [0.15, 0.2) is 0 Å². The van der Waals surface area contributed by atoms with Crippen molar-refractivity contribution in [3.63, 3.8) is 0 Å². The summed E-state index contributed by atoms with van der Waals surface area (Å²) >= 11 is 4.30. The van der Waals surface area contributed by atoms with Gasteiger partial charge in [0.05, 0.1) is 5.92 Å². The van der Waals surface area contributed by atoms with Crippen LogP contribution in [0.25, 0.3) is 0 Å². The number of aliphatic carboxylic acids is 1. The monoisotopic (exact) mass is 266 g/mol. The molecular weight excluding hydrogens is 244 g/mol. The molecule has 0 aliphatic rings. The Kier molecular flexibility index (Phi) is 13.9. The number of hydrogen-bond acceptors (Lipinski definition) is 2. The fraction of sp³-hybridized carbons (Fsp3) is 0.909. The van der Waals surface area contributed by atoms with E-state index in [2.05, 4.69) is 27.1 Å². The second-order valence-electron chi connectivity index (χ2n) is 3.71. The molecule has 0 aliphatic carbocycles. The van der Waals surface area contributed by atoms with E-state index in [1.807, 2.05) is 20.8 Å². The molecule has 1 unspecified atom stereocenters. The number of carboxylic acid groups (broad SMARTS) is 1. The van der Waals surface area contributed by atoms with Crippen molar-refractivity contribution in [1.82, 2.24) is 0 Å². The predicted molar refractivity (Wildman–Crippen MR) is 57.2 cm³/mol. The summed E-state index contributed by atoms with van der Waals surface area (Å²) in [5.41, 5.74) is 0. The predicted octanol–water partition coefficient (Wildman–Crippen LogP) is 3.16. The fourth-order valence-corrected chi connectivity index (χ4v) is 0.953. The van der Waals surface area contributed by atoms with Crippen molar-refractivity contribution in [2.24, 2.45) is 5.92 Å². The van der Waals surface area contributed by atoms with Crippen LogP contribution in [-0.2, 0) is 25.0 Å². The van der Waals surface area contributed by atoms with E-state index in [1.165, 1.54) is 0 Å². The third kappa shape index (κ3) is 13.9. The van der Waals surface area contributed by atoms with Gasteiger partial charge in [0.25, 0.3) is 0 Å². The largest absolute Gasteiger partial charge is 0.481 e. The molecular formula is C11H23CuO3. The van der Waals surface area contributed by atoms with Gasteiger partial charge in [-0.25, -0.2) is 0 Å². The average molecular weight is 267 g/mol. The molecule has 0 amide bonds. The third-order valence-corrected chi connectivity index (χ3v) is 2.33. The van der Waals surface area contributed by atoms with E-state index in [9.17, 15) is 4.79 Å². The minimum Gasteiger partial charge on any atom is -0.481 e. The topological polar surface area (TPSA) is 46.5 Å². The minimum absolute atomic E-state index is 0.111. The summed E-state index contributed by atoms with van der Waals surface area (Å²) in [5, 5.41) is 8.60. The normalized spacial score (nSPS) is 11.9. The molecule has 3 nitrogen and oxygen atoms in total. The number of hydrogen-bond donors (Lipinski definition) is 1. The van der Waals surface area contributed by atoms with Gasteiger partial charge in [-0.2, -0.15) is 0 Å². The Hall–Kier alpha value is -0.0505. The zero-order valence-electron chi connectivity index (χ0n) is 10.0. The van der Waals surface area contributed by atoms with E-state index in [4.69, 9.17) is 5.11 Å². The van der Waals surface area contributed by atoms with Gasteiger partial charge >= 0.3 is 46.1 Å². The van der Waals surface area contributed by atoms with Gasteiger partial charge in [-0.3, -0.25) is 4.79 Å². The molecule has 0 aromatic heterocycles. The summed E-state index contributed by atoms with van der Waals surface area (Å²) in [6.45, 7) is 7.78. The van der Waals surface area contributed by atoms with Crippen molar-refractivity contribution in [3.8, 4) is 0 Å². The number of rotatable bonds is 6. The van der Waals surface area contributed by atoms with Crippen LogP contribution in [0.4, 0.5) is 0 Å². The van der Waals surface area contributed by atoms with Gasteiger partial charge in [0, 0.05) is 0 Å². The maximum Gasteiger partial charge on any atom is 0.306 e. The maximum absolute atomic E-state index is 10.4. The third-order valence-electron chi connectivity index (χ3n) is 1.89. The molecule has 0 fully saturated rings. The summed E-state index contributed by atoms with van der Waals surface area (Å²) in [4.78, 5) is 10.4. The van der Waals surface area contributed by atoms with Crippen molar-refractivity contribution in [1.29, 1.82) is 0 Å². The average Bonchev–Trinajstić information content (AvgIpc) is 2.19. The summed E-state index contributed by atoms with van der Waals surface area (Å²) in [7, 11) is 0. The van der Waals surface area contributed by atoms with Crippen LogP contribution in [0.2, 0.25) is 0 Å². The first-order chi connectivity index (χ1) is 6.99. The molecule has 0 aromatic rings. The van der Waals surface area contributed by atoms with Crippen LogP contribution >= 0.6 is 0 Å². The molecule has 0 heterocycles. The summed E-state index contributed by atoms with van der Waals surface area (Å²) < 4.78 is 4.31. The maximum atomic E-state index is 10.4. The molecule has 1 atom stereocenters. The zero-order valence-corrected chi connectivity index (χ0v) is 11.0. The first kappa shape index (κ1) is 17.3. The van der Waals surface area contributed by atoms with E-state index < -0.39 is 5.97 Å². The van der Waals surface area contributed by atoms with Crippen molar-refractivity contribution in [2.75, 3.05) is 0 Å². The zero-order chi connectivity index (χ0) is 12.3. The van der Waals surface area contributed by atoms with Crippen molar-refractivity contribution in [2.45, 2.75) is 59.5 Å². The molecule has 0 saturated carbocycles. The van der Waals surface area contributed by atoms with Crippen LogP contribution in [-0.4, -0.2) is 17.2 Å². The second kappa shape index (κ2) is 12.0. The number of carbonyl (C=O) groups is 1. The minimum atomic E-state index is -0.643. The van der Waals surface area contributed by atoms with Crippen LogP contribution < -0.4 is 0 Å². The number of unbranched alkanes of at least 4 members (excludes halogenated alkanes) is 1. The molecule has 15 heavy (non-hydrogen) atoms. The van der Waals surface area contributed by atoms with Crippen molar-refractivity contribution < 1.29 is 30.1 Å². The Bertz CT molecular complexity index is 149. The molecule has 0 spiro atoms. The Labute approximate surface area is 102 Å². The molecule has 0 radical (unpaired) electrons. The molecule has 96 valence electrons. The Morgan fingerprint density at radius 3 is 2.07 bits per heavy atom. The fourth-order valence-electron chi connectivity index (χ4n) is 0.953. The summed E-state index contributed by atoms with van der Waals surface area (Å²) in [6, 6.07) is 0. The van der Waals surface area contributed by atoms with Crippen LogP contribution in [0, 0.1) is 5.92 Å². The first-order valence-corrected chi connectivity index (χ1v) is 5.85. The Morgan fingerprint density at radius 2 is 1.87 bits per heavy atom. The molecule has 1 N–H and O–H groups in total. The van der Waals surface area contributed by atoms with E-state index in [1.54, 1.807) is 0 Å². The van der Waals surface area contributed by atoms with Gasteiger partial charge < -0.3 is 5.11 Å². The van der Waals surface area contributed by atoms with E-state index in [0.29, 0.717) is 0 Å². The van der Waals surface area contributed by atoms with Gasteiger partial charge in [-0.15, -0.1) is 0 Å². The summed E-state index contributed by atoms with van der Waals surface area (Å²) in [5.74, 6) is -0.754. The smallest absolute Gasteiger partial charge is 0.306 e. The van der Waals surface area contributed by atoms with Crippen LogP contribution in [0.1, 0.15) is 53.4 Å². The van der Waals surface area contributed by atoms with Gasteiger partial charge in [-0.05, 0) is 12.8 Å². The van der Waals surface area contributed by atoms with E-state index in [-0.39, 0.29) is 12.0 Å².